The first kappa shape index (κ1) is 17.1. The first-order chi connectivity index (χ1) is 13.2. The highest BCUT2D eigenvalue weighted by atomic mass is 19.1. The molecule has 0 bridgehead atoms. The Morgan fingerprint density at radius 1 is 1.22 bits per heavy atom. The molecule has 1 aliphatic rings. The lowest BCUT2D eigenvalue weighted by Crippen LogP contribution is -2.33. The molecule has 1 amide bonds. The number of pyridine rings is 1. The van der Waals surface area contributed by atoms with E-state index in [9.17, 15) is 9.18 Å². The van der Waals surface area contributed by atoms with Gasteiger partial charge in [0.2, 0.25) is 11.8 Å². The number of hydrogen-bond donors (Lipinski definition) is 2. The fourth-order valence-corrected chi connectivity index (χ4v) is 3.08. The number of carbonyl (C=O) groups excluding carboxylic acids is 1. The molecule has 3 aromatic rings. The Balaban J connectivity index is 1.34. The van der Waals surface area contributed by atoms with E-state index in [-0.39, 0.29) is 17.6 Å². The summed E-state index contributed by atoms with van der Waals surface area (Å²) in [5.74, 6) is 0.460. The highest BCUT2D eigenvalue weighted by Crippen LogP contribution is 2.23. The topological polar surface area (TPSA) is 92.8 Å². The molecule has 0 fully saturated rings. The average molecular weight is 367 g/mol. The smallest absolute Gasteiger partial charge is 0.223 e. The number of hydrogen-bond acceptors (Lipinski definition) is 5. The molecular weight excluding hydrogens is 349 g/mol. The van der Waals surface area contributed by atoms with Gasteiger partial charge in [-0.05, 0) is 48.7 Å². The van der Waals surface area contributed by atoms with Crippen LogP contribution in [0.5, 0.6) is 11.6 Å². The molecule has 0 spiro atoms. The summed E-state index contributed by atoms with van der Waals surface area (Å²) in [6, 6.07) is 9.28. The number of aryl methyl sites for hydroxylation is 1. The summed E-state index contributed by atoms with van der Waals surface area (Å²) in [5.41, 5.74) is 2.70. The first-order valence-electron chi connectivity index (χ1n) is 8.72. The van der Waals surface area contributed by atoms with Crippen molar-refractivity contribution < 1.29 is 13.9 Å². The molecule has 2 aromatic heterocycles. The Hall–Kier alpha value is -3.29. The molecule has 138 valence electrons. The molecule has 0 saturated carbocycles. The van der Waals surface area contributed by atoms with Crippen LogP contribution < -0.4 is 10.1 Å². The maximum atomic E-state index is 13.0. The van der Waals surface area contributed by atoms with Gasteiger partial charge in [0.25, 0.3) is 0 Å². The van der Waals surface area contributed by atoms with Crippen LogP contribution in [0.2, 0.25) is 0 Å². The standard InChI is InChI=1S/C19H18FN5O2/c20-14-2-4-15(5-3-14)27-18-9-12(7-8-21-18)11-22-19(26)13-1-6-16-17(10-13)24-25-23-16/h2-5,7-9,13H,1,6,10-11H2,(H,22,26)(H,23,24,25)/t13-/m1/s1. The second-order valence-corrected chi connectivity index (χ2v) is 6.43. The van der Waals surface area contributed by atoms with Crippen molar-refractivity contribution in [3.05, 3.63) is 65.4 Å². The number of H-pyrrole nitrogens is 1. The van der Waals surface area contributed by atoms with E-state index < -0.39 is 0 Å². The molecular formula is C19H18FN5O2. The largest absolute Gasteiger partial charge is 0.439 e. The normalized spacial score (nSPS) is 15.8. The number of nitrogens with zero attached hydrogens (tertiary/aromatic N) is 3. The molecule has 0 saturated heterocycles. The Kier molecular flexibility index (Phi) is 4.78. The molecule has 0 radical (unpaired) electrons. The summed E-state index contributed by atoms with van der Waals surface area (Å²) in [5, 5.41) is 13.8. The Bertz CT molecular complexity index is 941. The number of ether oxygens (including phenoxy) is 1. The van der Waals surface area contributed by atoms with Crippen molar-refractivity contribution in [2.75, 3.05) is 0 Å². The summed E-state index contributed by atoms with van der Waals surface area (Å²) in [6.45, 7) is 0.378. The molecule has 1 atom stereocenters. The number of fused-ring (bicyclic) bond motifs is 1. The van der Waals surface area contributed by atoms with Gasteiger partial charge >= 0.3 is 0 Å². The molecule has 4 rings (SSSR count). The van der Waals surface area contributed by atoms with Gasteiger partial charge in [0.05, 0.1) is 11.4 Å². The van der Waals surface area contributed by atoms with Crippen molar-refractivity contribution in [1.82, 2.24) is 25.7 Å². The van der Waals surface area contributed by atoms with Crippen molar-refractivity contribution in [1.29, 1.82) is 0 Å². The zero-order chi connectivity index (χ0) is 18.6. The van der Waals surface area contributed by atoms with E-state index in [1.54, 1.807) is 12.3 Å². The lowest BCUT2D eigenvalue weighted by molar-refractivity contribution is -0.125. The molecule has 0 unspecified atom stereocenters. The van der Waals surface area contributed by atoms with Crippen LogP contribution in [0.15, 0.2) is 42.6 Å². The van der Waals surface area contributed by atoms with Gasteiger partial charge < -0.3 is 10.1 Å². The van der Waals surface area contributed by atoms with Crippen LogP contribution in [0.4, 0.5) is 4.39 Å². The average Bonchev–Trinajstić information content (AvgIpc) is 3.16. The summed E-state index contributed by atoms with van der Waals surface area (Å²) < 4.78 is 18.6. The molecule has 1 aliphatic carbocycles. The van der Waals surface area contributed by atoms with Gasteiger partial charge in [-0.3, -0.25) is 4.79 Å². The third-order valence-corrected chi connectivity index (χ3v) is 4.55. The van der Waals surface area contributed by atoms with E-state index in [4.69, 9.17) is 4.74 Å². The van der Waals surface area contributed by atoms with Crippen LogP contribution in [0.3, 0.4) is 0 Å². The van der Waals surface area contributed by atoms with Gasteiger partial charge in [-0.1, -0.05) is 0 Å². The highest BCUT2D eigenvalue weighted by Gasteiger charge is 2.26. The number of rotatable bonds is 5. The van der Waals surface area contributed by atoms with Crippen LogP contribution in [0.25, 0.3) is 0 Å². The minimum atomic E-state index is -0.327. The quantitative estimate of drug-likeness (QED) is 0.723. The van der Waals surface area contributed by atoms with E-state index in [1.807, 2.05) is 6.07 Å². The van der Waals surface area contributed by atoms with Crippen molar-refractivity contribution in [3.63, 3.8) is 0 Å². The lowest BCUT2D eigenvalue weighted by atomic mass is 9.89. The van der Waals surface area contributed by atoms with Crippen molar-refractivity contribution in [3.8, 4) is 11.6 Å². The SMILES string of the molecule is O=C(NCc1ccnc(Oc2ccc(F)cc2)c1)[C@@H]1CCc2n[nH]nc2C1. The van der Waals surface area contributed by atoms with Crippen LogP contribution in [-0.2, 0) is 24.2 Å². The maximum absolute atomic E-state index is 13.0. The zero-order valence-corrected chi connectivity index (χ0v) is 14.5. The van der Waals surface area contributed by atoms with Crippen LogP contribution in [-0.4, -0.2) is 26.3 Å². The molecule has 8 heteroatoms. The van der Waals surface area contributed by atoms with Crippen molar-refractivity contribution in [2.45, 2.75) is 25.8 Å². The fraction of sp³-hybridized carbons (Fsp3) is 0.263. The van der Waals surface area contributed by atoms with Crippen LogP contribution >= 0.6 is 0 Å². The van der Waals surface area contributed by atoms with Gasteiger partial charge in [0.1, 0.15) is 11.6 Å². The Morgan fingerprint density at radius 3 is 2.89 bits per heavy atom. The van der Waals surface area contributed by atoms with Gasteiger partial charge in [-0.15, -0.1) is 0 Å². The molecule has 1 aromatic carbocycles. The maximum Gasteiger partial charge on any atom is 0.223 e. The molecule has 2 N–H and O–H groups in total. The lowest BCUT2D eigenvalue weighted by Gasteiger charge is -2.19. The van der Waals surface area contributed by atoms with Crippen molar-refractivity contribution >= 4 is 5.91 Å². The molecule has 0 aliphatic heterocycles. The molecule has 2 heterocycles. The van der Waals surface area contributed by atoms with Gasteiger partial charge in [0.15, 0.2) is 0 Å². The number of amides is 1. The van der Waals surface area contributed by atoms with Crippen molar-refractivity contribution in [2.24, 2.45) is 5.92 Å². The summed E-state index contributed by atoms with van der Waals surface area (Å²) in [7, 11) is 0. The van der Waals surface area contributed by atoms with E-state index in [0.717, 1.165) is 29.8 Å². The number of aromatic amines is 1. The fourth-order valence-electron chi connectivity index (χ4n) is 3.08. The highest BCUT2D eigenvalue weighted by molar-refractivity contribution is 5.79. The van der Waals surface area contributed by atoms with E-state index in [0.29, 0.717) is 24.6 Å². The first-order valence-corrected chi connectivity index (χ1v) is 8.72. The molecule has 7 nitrogen and oxygen atoms in total. The minimum absolute atomic E-state index is 0.00136. The van der Waals surface area contributed by atoms with Gasteiger partial charge in [-0.2, -0.15) is 15.4 Å². The molecule has 27 heavy (non-hydrogen) atoms. The predicted molar refractivity (Wildman–Crippen MR) is 94.5 cm³/mol. The van der Waals surface area contributed by atoms with E-state index in [2.05, 4.69) is 25.7 Å². The number of nitrogens with one attached hydrogen (secondary N) is 2. The van der Waals surface area contributed by atoms with Crippen LogP contribution in [0, 0.1) is 11.7 Å². The summed E-state index contributed by atoms with van der Waals surface area (Å²) in [6.07, 6.45) is 3.74. The number of aromatic nitrogens is 4. The monoisotopic (exact) mass is 367 g/mol. The second kappa shape index (κ2) is 7.53. The summed E-state index contributed by atoms with van der Waals surface area (Å²) in [4.78, 5) is 16.6. The van der Waals surface area contributed by atoms with E-state index >= 15 is 0 Å². The summed E-state index contributed by atoms with van der Waals surface area (Å²) >= 11 is 0. The van der Waals surface area contributed by atoms with Gasteiger partial charge in [0, 0.05) is 31.1 Å². The second-order valence-electron chi connectivity index (χ2n) is 6.43. The number of halogens is 1. The minimum Gasteiger partial charge on any atom is -0.439 e. The zero-order valence-electron chi connectivity index (χ0n) is 14.5. The van der Waals surface area contributed by atoms with E-state index in [1.165, 1.54) is 24.3 Å². The van der Waals surface area contributed by atoms with Crippen LogP contribution in [0.1, 0.15) is 23.4 Å². The Labute approximate surface area is 155 Å². The predicted octanol–water partition coefficient (Wildman–Crippen LogP) is 2.55. The number of carbonyl (C=O) groups is 1. The Morgan fingerprint density at radius 2 is 2.04 bits per heavy atom. The number of benzene rings is 1. The third kappa shape index (κ3) is 4.11. The van der Waals surface area contributed by atoms with Gasteiger partial charge in [-0.25, -0.2) is 9.37 Å². The third-order valence-electron chi connectivity index (χ3n) is 4.55.